The minimum absolute atomic E-state index is 0.271. The molecule has 1 aliphatic rings. The van der Waals surface area contributed by atoms with Gasteiger partial charge < -0.3 is 10.3 Å². The molecule has 0 aliphatic heterocycles. The van der Waals surface area contributed by atoms with Crippen LogP contribution in [0.1, 0.15) is 35.3 Å². The van der Waals surface area contributed by atoms with Crippen LogP contribution in [0.2, 0.25) is 5.02 Å². The standard InChI is InChI=1S/C26H23ClN6O2S2/c1-15-29-11-12-33(15)17-9-10-30-21(14-17)19-4-2-3-16-13-22(36-26(16)19)25(32-37(34,35)18-5-6-18)24-20(27)7-8-23(28)31-24/h2-4,7-14,18,25,32H,5-6H2,1H3,(H2,28,31). The van der Waals surface area contributed by atoms with Crippen molar-refractivity contribution in [1.29, 1.82) is 0 Å². The SMILES string of the molecule is Cc1nccn1-c1ccnc(-c2cccc3cc(C(NS(=O)(=O)C4CC4)c4nc(N)ccc4Cl)sc23)c1. The third-order valence-corrected chi connectivity index (χ3v) is 9.87. The molecule has 11 heteroatoms. The maximum atomic E-state index is 13.0. The Kier molecular flexibility index (Phi) is 5.99. The average Bonchev–Trinajstić information content (AvgIpc) is 3.53. The molecule has 188 valence electrons. The van der Waals surface area contributed by atoms with Crippen LogP contribution in [0, 0.1) is 6.92 Å². The first-order valence-corrected chi connectivity index (χ1v) is 14.5. The van der Waals surface area contributed by atoms with Crippen molar-refractivity contribution in [3.63, 3.8) is 0 Å². The lowest BCUT2D eigenvalue weighted by Gasteiger charge is -2.18. The molecule has 4 aromatic heterocycles. The highest BCUT2D eigenvalue weighted by Gasteiger charge is 2.38. The predicted molar refractivity (Wildman–Crippen MR) is 147 cm³/mol. The Hall–Kier alpha value is -3.31. The van der Waals surface area contributed by atoms with E-state index in [1.54, 1.807) is 24.5 Å². The molecule has 1 unspecified atom stereocenters. The number of nitrogens with zero attached hydrogens (tertiary/aromatic N) is 4. The van der Waals surface area contributed by atoms with E-state index in [1.165, 1.54) is 11.3 Å². The normalized spacial score (nSPS) is 14.8. The fourth-order valence-electron chi connectivity index (χ4n) is 4.36. The summed E-state index contributed by atoms with van der Waals surface area (Å²) >= 11 is 7.99. The number of fused-ring (bicyclic) bond motifs is 1. The van der Waals surface area contributed by atoms with Crippen LogP contribution >= 0.6 is 22.9 Å². The lowest BCUT2D eigenvalue weighted by atomic mass is 10.1. The molecule has 1 atom stereocenters. The summed E-state index contributed by atoms with van der Waals surface area (Å²) in [5, 5.41) is 0.929. The number of aromatic nitrogens is 4. The molecule has 37 heavy (non-hydrogen) atoms. The van der Waals surface area contributed by atoms with Crippen LogP contribution in [0.15, 0.2) is 67.1 Å². The van der Waals surface area contributed by atoms with E-state index in [0.29, 0.717) is 23.6 Å². The number of halogens is 1. The zero-order chi connectivity index (χ0) is 25.7. The summed E-state index contributed by atoms with van der Waals surface area (Å²) in [7, 11) is -3.55. The van der Waals surface area contributed by atoms with E-state index < -0.39 is 21.3 Å². The molecule has 0 bridgehead atoms. The molecule has 1 aliphatic carbocycles. The Labute approximate surface area is 223 Å². The first-order chi connectivity index (χ1) is 17.8. The number of hydrogen-bond acceptors (Lipinski definition) is 7. The number of rotatable bonds is 7. The van der Waals surface area contributed by atoms with Crippen LogP contribution in [0.3, 0.4) is 0 Å². The molecule has 3 N–H and O–H groups in total. The number of benzene rings is 1. The quantitative estimate of drug-likeness (QED) is 0.285. The van der Waals surface area contributed by atoms with Gasteiger partial charge in [-0.2, -0.15) is 0 Å². The summed E-state index contributed by atoms with van der Waals surface area (Å²) in [6.45, 7) is 1.95. The van der Waals surface area contributed by atoms with Gasteiger partial charge in [-0.25, -0.2) is 23.1 Å². The monoisotopic (exact) mass is 550 g/mol. The van der Waals surface area contributed by atoms with Crippen molar-refractivity contribution in [2.45, 2.75) is 31.1 Å². The first-order valence-electron chi connectivity index (χ1n) is 11.7. The van der Waals surface area contributed by atoms with Gasteiger partial charge in [0.15, 0.2) is 0 Å². The van der Waals surface area contributed by atoms with Crippen molar-refractivity contribution < 1.29 is 8.42 Å². The highest BCUT2D eigenvalue weighted by Crippen LogP contribution is 2.41. The van der Waals surface area contributed by atoms with Crippen molar-refractivity contribution in [3.8, 4) is 16.9 Å². The highest BCUT2D eigenvalue weighted by molar-refractivity contribution is 7.90. The average molecular weight is 551 g/mol. The minimum atomic E-state index is -3.55. The zero-order valence-corrected chi connectivity index (χ0v) is 22.2. The largest absolute Gasteiger partial charge is 0.384 e. The number of pyridine rings is 2. The molecule has 1 fully saturated rings. The minimum Gasteiger partial charge on any atom is -0.384 e. The molecule has 0 spiro atoms. The fourth-order valence-corrected chi connectivity index (χ4v) is 7.40. The molecule has 1 aromatic carbocycles. The van der Waals surface area contributed by atoms with Gasteiger partial charge in [0.2, 0.25) is 10.0 Å². The molecule has 5 aromatic rings. The van der Waals surface area contributed by atoms with Crippen LogP contribution < -0.4 is 10.5 Å². The smallest absolute Gasteiger partial charge is 0.215 e. The van der Waals surface area contributed by atoms with Gasteiger partial charge in [0.1, 0.15) is 11.6 Å². The van der Waals surface area contributed by atoms with Gasteiger partial charge in [-0.15, -0.1) is 11.3 Å². The predicted octanol–water partition coefficient (Wildman–Crippen LogP) is 5.26. The third-order valence-electron chi connectivity index (χ3n) is 6.38. The number of nitrogen functional groups attached to an aromatic ring is 1. The summed E-state index contributed by atoms with van der Waals surface area (Å²) in [5.74, 6) is 1.15. The van der Waals surface area contributed by atoms with Crippen molar-refractivity contribution in [2.24, 2.45) is 0 Å². The Bertz CT molecular complexity index is 1740. The lowest BCUT2D eigenvalue weighted by Crippen LogP contribution is -2.32. The van der Waals surface area contributed by atoms with Crippen LogP contribution in [0.25, 0.3) is 27.0 Å². The summed E-state index contributed by atoms with van der Waals surface area (Å²) in [5.41, 5.74) is 9.06. The number of aryl methyl sites for hydroxylation is 1. The number of anilines is 1. The first kappa shape index (κ1) is 24.1. The summed E-state index contributed by atoms with van der Waals surface area (Å²) in [6.07, 6.45) is 6.75. The lowest BCUT2D eigenvalue weighted by molar-refractivity contribution is 0.570. The van der Waals surface area contributed by atoms with Gasteiger partial charge in [0, 0.05) is 33.7 Å². The molecule has 1 saturated carbocycles. The molecule has 0 radical (unpaired) electrons. The van der Waals surface area contributed by atoms with E-state index in [1.807, 2.05) is 54.1 Å². The maximum Gasteiger partial charge on any atom is 0.215 e. The zero-order valence-electron chi connectivity index (χ0n) is 19.8. The van der Waals surface area contributed by atoms with Crippen molar-refractivity contribution in [1.82, 2.24) is 24.2 Å². The van der Waals surface area contributed by atoms with E-state index in [2.05, 4.69) is 19.7 Å². The summed E-state index contributed by atoms with van der Waals surface area (Å²) in [4.78, 5) is 14.1. The van der Waals surface area contributed by atoms with Gasteiger partial charge in [-0.05, 0) is 55.5 Å². The van der Waals surface area contributed by atoms with Gasteiger partial charge in [-0.3, -0.25) is 4.98 Å². The number of nitrogens with two attached hydrogens (primary N) is 1. The Morgan fingerprint density at radius 1 is 1.14 bits per heavy atom. The summed E-state index contributed by atoms with van der Waals surface area (Å²) in [6, 6.07) is 14.4. The molecule has 0 amide bonds. The highest BCUT2D eigenvalue weighted by atomic mass is 35.5. The van der Waals surface area contributed by atoms with Crippen molar-refractivity contribution >= 4 is 48.9 Å². The maximum absolute atomic E-state index is 13.0. The van der Waals surface area contributed by atoms with Crippen molar-refractivity contribution in [2.75, 3.05) is 5.73 Å². The molecule has 8 nitrogen and oxygen atoms in total. The van der Waals surface area contributed by atoms with Crippen LogP contribution in [-0.2, 0) is 10.0 Å². The second-order valence-corrected chi connectivity index (χ2v) is 12.5. The second kappa shape index (κ2) is 9.21. The number of imidazole rings is 1. The number of nitrogens with one attached hydrogen (secondary N) is 1. The Morgan fingerprint density at radius 3 is 2.73 bits per heavy atom. The second-order valence-electron chi connectivity index (χ2n) is 9.01. The van der Waals surface area contributed by atoms with E-state index in [0.717, 1.165) is 37.7 Å². The number of thiophene rings is 1. The summed E-state index contributed by atoms with van der Waals surface area (Å²) < 4.78 is 31.9. The number of hydrogen-bond donors (Lipinski definition) is 2. The topological polar surface area (TPSA) is 116 Å². The van der Waals surface area contributed by atoms with E-state index in [-0.39, 0.29) is 5.82 Å². The van der Waals surface area contributed by atoms with Crippen LogP contribution in [0.5, 0.6) is 0 Å². The van der Waals surface area contributed by atoms with E-state index in [4.69, 9.17) is 17.3 Å². The van der Waals surface area contributed by atoms with Gasteiger partial charge >= 0.3 is 0 Å². The van der Waals surface area contributed by atoms with Crippen molar-refractivity contribution in [3.05, 3.63) is 88.5 Å². The Balaban J connectivity index is 1.47. The molecular formula is C26H23ClN6O2S2. The van der Waals surface area contributed by atoms with Crippen LogP contribution in [-0.4, -0.2) is 33.2 Å². The number of sulfonamides is 1. The molecule has 4 heterocycles. The van der Waals surface area contributed by atoms with E-state index in [9.17, 15) is 8.42 Å². The van der Waals surface area contributed by atoms with E-state index >= 15 is 0 Å². The van der Waals surface area contributed by atoms with Gasteiger partial charge in [0.05, 0.1) is 33.4 Å². The molecular weight excluding hydrogens is 528 g/mol. The fraction of sp³-hybridized carbons (Fsp3) is 0.192. The third kappa shape index (κ3) is 4.61. The Morgan fingerprint density at radius 2 is 1.97 bits per heavy atom. The van der Waals surface area contributed by atoms with Crippen LogP contribution in [0.4, 0.5) is 5.82 Å². The molecule has 6 rings (SSSR count). The van der Waals surface area contributed by atoms with Gasteiger partial charge in [-0.1, -0.05) is 29.8 Å². The molecule has 0 saturated heterocycles. The van der Waals surface area contributed by atoms with Gasteiger partial charge in [0.25, 0.3) is 0 Å².